The van der Waals surface area contributed by atoms with Gasteiger partial charge in [-0.15, -0.1) is 0 Å². The number of benzene rings is 2. The van der Waals surface area contributed by atoms with Gasteiger partial charge in [0.2, 0.25) is 5.82 Å². The molecule has 2 aromatic carbocycles. The Morgan fingerprint density at radius 1 is 1.22 bits per heavy atom. The first-order chi connectivity index (χ1) is 13.0. The maximum atomic E-state index is 10.8. The maximum Gasteiger partial charge on any atom is 0.270 e. The SMILES string of the molecule is NC(=O)COc1ccc(-c2noc(/C=C\c3cccc([N+](=O)[O-])c3)n2)cc1. The van der Waals surface area contributed by atoms with Crippen LogP contribution in [-0.4, -0.2) is 27.6 Å². The van der Waals surface area contributed by atoms with Gasteiger partial charge in [0.25, 0.3) is 17.5 Å². The molecule has 0 aliphatic rings. The minimum absolute atomic E-state index is 0.00186. The fourth-order valence-corrected chi connectivity index (χ4v) is 2.18. The van der Waals surface area contributed by atoms with Gasteiger partial charge in [0.15, 0.2) is 6.61 Å². The Kier molecular flexibility index (Phi) is 5.22. The highest BCUT2D eigenvalue weighted by Crippen LogP contribution is 2.21. The largest absolute Gasteiger partial charge is 0.484 e. The van der Waals surface area contributed by atoms with Gasteiger partial charge in [0.1, 0.15) is 5.75 Å². The Morgan fingerprint density at radius 2 is 2.00 bits per heavy atom. The van der Waals surface area contributed by atoms with Gasteiger partial charge in [-0.05, 0) is 35.9 Å². The second kappa shape index (κ2) is 7.91. The molecule has 136 valence electrons. The number of carbonyl (C=O) groups is 1. The summed E-state index contributed by atoms with van der Waals surface area (Å²) >= 11 is 0. The van der Waals surface area contributed by atoms with Crippen molar-refractivity contribution in [2.45, 2.75) is 0 Å². The highest BCUT2D eigenvalue weighted by Gasteiger charge is 2.08. The number of carbonyl (C=O) groups excluding carboxylic acids is 1. The lowest BCUT2D eigenvalue weighted by molar-refractivity contribution is -0.384. The van der Waals surface area contributed by atoms with Crippen LogP contribution in [0.1, 0.15) is 11.5 Å². The lowest BCUT2D eigenvalue weighted by Gasteiger charge is -2.03. The molecule has 1 aromatic heterocycles. The molecule has 0 saturated heterocycles. The second-order valence-electron chi connectivity index (χ2n) is 5.42. The molecule has 0 radical (unpaired) electrons. The Bertz CT molecular complexity index is 995. The third-order valence-electron chi connectivity index (χ3n) is 3.43. The first-order valence-corrected chi connectivity index (χ1v) is 7.79. The van der Waals surface area contributed by atoms with E-state index >= 15 is 0 Å². The zero-order valence-corrected chi connectivity index (χ0v) is 13.9. The van der Waals surface area contributed by atoms with E-state index in [1.165, 1.54) is 12.1 Å². The van der Waals surface area contributed by atoms with Crippen molar-refractivity contribution in [1.82, 2.24) is 10.1 Å². The lowest BCUT2D eigenvalue weighted by Crippen LogP contribution is -2.19. The minimum atomic E-state index is -0.558. The Balaban J connectivity index is 1.70. The van der Waals surface area contributed by atoms with Crippen molar-refractivity contribution in [2.75, 3.05) is 6.61 Å². The van der Waals surface area contributed by atoms with Crippen molar-refractivity contribution in [3.8, 4) is 17.1 Å². The number of aromatic nitrogens is 2. The standard InChI is InChI=1S/C18H14N4O5/c19-16(23)11-26-15-7-5-13(6-8-15)18-20-17(27-21-18)9-4-12-2-1-3-14(10-12)22(24)25/h1-10H,11H2,(H2,19,23)/b9-4-. The maximum absolute atomic E-state index is 10.8. The van der Waals surface area contributed by atoms with E-state index in [1.54, 1.807) is 48.6 Å². The van der Waals surface area contributed by atoms with Crippen molar-refractivity contribution in [3.63, 3.8) is 0 Å². The van der Waals surface area contributed by atoms with Gasteiger partial charge in [-0.1, -0.05) is 17.3 Å². The highest BCUT2D eigenvalue weighted by molar-refractivity contribution is 5.75. The number of hydrogen-bond donors (Lipinski definition) is 1. The molecule has 0 saturated carbocycles. The number of hydrogen-bond acceptors (Lipinski definition) is 7. The van der Waals surface area contributed by atoms with E-state index in [0.717, 1.165) is 0 Å². The molecule has 3 rings (SSSR count). The molecular formula is C18H14N4O5. The van der Waals surface area contributed by atoms with Crippen LogP contribution in [0.15, 0.2) is 53.1 Å². The van der Waals surface area contributed by atoms with Crippen LogP contribution in [0.5, 0.6) is 5.75 Å². The fraction of sp³-hybridized carbons (Fsp3) is 0.0556. The van der Waals surface area contributed by atoms with E-state index in [0.29, 0.717) is 22.7 Å². The van der Waals surface area contributed by atoms with Gasteiger partial charge in [0, 0.05) is 23.8 Å². The van der Waals surface area contributed by atoms with Crippen LogP contribution >= 0.6 is 0 Å². The van der Waals surface area contributed by atoms with Crippen molar-refractivity contribution >= 4 is 23.7 Å². The molecule has 0 fully saturated rings. The molecule has 2 N–H and O–H groups in total. The molecule has 0 unspecified atom stereocenters. The average molecular weight is 366 g/mol. The number of amides is 1. The van der Waals surface area contributed by atoms with Crippen LogP contribution in [-0.2, 0) is 4.79 Å². The topological polar surface area (TPSA) is 134 Å². The third kappa shape index (κ3) is 4.75. The summed E-state index contributed by atoms with van der Waals surface area (Å²) in [4.78, 5) is 25.3. The van der Waals surface area contributed by atoms with Crippen molar-refractivity contribution in [2.24, 2.45) is 5.73 Å². The molecule has 1 heterocycles. The third-order valence-corrected chi connectivity index (χ3v) is 3.43. The molecule has 0 spiro atoms. The first kappa shape index (κ1) is 17.8. The monoisotopic (exact) mass is 366 g/mol. The molecule has 9 nitrogen and oxygen atoms in total. The van der Waals surface area contributed by atoms with Crippen molar-refractivity contribution in [1.29, 1.82) is 0 Å². The van der Waals surface area contributed by atoms with Gasteiger partial charge < -0.3 is 15.0 Å². The normalized spacial score (nSPS) is 10.8. The predicted octanol–water partition coefficient (Wildman–Crippen LogP) is 2.68. The Labute approximate surface area is 153 Å². The number of ether oxygens (including phenoxy) is 1. The number of rotatable bonds is 7. The summed E-state index contributed by atoms with van der Waals surface area (Å²) in [7, 11) is 0. The van der Waals surface area contributed by atoms with Crippen LogP contribution in [0, 0.1) is 10.1 Å². The van der Waals surface area contributed by atoms with Gasteiger partial charge in [0.05, 0.1) is 4.92 Å². The number of non-ortho nitro benzene ring substituents is 1. The van der Waals surface area contributed by atoms with E-state index < -0.39 is 10.8 Å². The van der Waals surface area contributed by atoms with Gasteiger partial charge in [-0.2, -0.15) is 4.98 Å². The van der Waals surface area contributed by atoms with Crippen LogP contribution in [0.25, 0.3) is 23.5 Å². The van der Waals surface area contributed by atoms with Crippen LogP contribution in [0.4, 0.5) is 5.69 Å². The predicted molar refractivity (Wildman–Crippen MR) is 96.4 cm³/mol. The zero-order valence-electron chi connectivity index (χ0n) is 13.9. The number of primary amides is 1. The quantitative estimate of drug-likeness (QED) is 0.501. The molecule has 1 amide bonds. The summed E-state index contributed by atoms with van der Waals surface area (Å²) < 4.78 is 10.3. The molecule has 0 aliphatic carbocycles. The lowest BCUT2D eigenvalue weighted by atomic mass is 10.2. The number of nitrogens with two attached hydrogens (primary N) is 1. The first-order valence-electron chi connectivity index (χ1n) is 7.79. The van der Waals surface area contributed by atoms with E-state index in [9.17, 15) is 14.9 Å². The van der Waals surface area contributed by atoms with Crippen LogP contribution in [0.3, 0.4) is 0 Å². The summed E-state index contributed by atoms with van der Waals surface area (Å²) in [5, 5.41) is 14.7. The smallest absolute Gasteiger partial charge is 0.270 e. The molecule has 0 aliphatic heterocycles. The fourth-order valence-electron chi connectivity index (χ4n) is 2.18. The van der Waals surface area contributed by atoms with Gasteiger partial charge in [-0.25, -0.2) is 0 Å². The second-order valence-corrected chi connectivity index (χ2v) is 5.42. The zero-order chi connectivity index (χ0) is 19.2. The van der Waals surface area contributed by atoms with Gasteiger partial charge >= 0.3 is 0 Å². The number of nitro groups is 1. The summed E-state index contributed by atoms with van der Waals surface area (Å²) in [5.41, 5.74) is 6.36. The summed E-state index contributed by atoms with van der Waals surface area (Å²) in [6, 6.07) is 12.9. The molecular weight excluding hydrogens is 352 g/mol. The Hall–Kier alpha value is -4.01. The van der Waals surface area contributed by atoms with E-state index in [-0.39, 0.29) is 18.2 Å². The van der Waals surface area contributed by atoms with Crippen LogP contribution < -0.4 is 10.5 Å². The molecule has 0 atom stereocenters. The average Bonchev–Trinajstić information content (AvgIpc) is 3.14. The summed E-state index contributed by atoms with van der Waals surface area (Å²) in [6.45, 7) is -0.200. The van der Waals surface area contributed by atoms with E-state index in [1.807, 2.05) is 0 Å². The number of nitrogens with zero attached hydrogens (tertiary/aromatic N) is 3. The van der Waals surface area contributed by atoms with Crippen LogP contribution in [0.2, 0.25) is 0 Å². The van der Waals surface area contributed by atoms with Crippen molar-refractivity contribution in [3.05, 3.63) is 70.1 Å². The van der Waals surface area contributed by atoms with Crippen molar-refractivity contribution < 1.29 is 19.0 Å². The molecule has 27 heavy (non-hydrogen) atoms. The molecule has 3 aromatic rings. The summed E-state index contributed by atoms with van der Waals surface area (Å²) in [5.74, 6) is 0.560. The summed E-state index contributed by atoms with van der Waals surface area (Å²) in [6.07, 6.45) is 3.21. The molecule has 9 heteroatoms. The molecule has 0 bridgehead atoms. The Morgan fingerprint density at radius 3 is 2.70 bits per heavy atom. The highest BCUT2D eigenvalue weighted by atomic mass is 16.6. The van der Waals surface area contributed by atoms with E-state index in [4.69, 9.17) is 15.0 Å². The number of nitro benzene ring substituents is 1. The van der Waals surface area contributed by atoms with Gasteiger partial charge in [-0.3, -0.25) is 14.9 Å². The van der Waals surface area contributed by atoms with E-state index in [2.05, 4.69) is 10.1 Å². The minimum Gasteiger partial charge on any atom is -0.484 e.